The lowest BCUT2D eigenvalue weighted by molar-refractivity contribution is 0.184. The summed E-state index contributed by atoms with van der Waals surface area (Å²) in [7, 11) is 0. The molecule has 0 aromatic heterocycles. The Morgan fingerprint density at radius 2 is 1.93 bits per heavy atom. The molecule has 0 fully saturated rings. The van der Waals surface area contributed by atoms with Gasteiger partial charge in [0.05, 0.1) is 6.10 Å². The van der Waals surface area contributed by atoms with Gasteiger partial charge in [0.2, 0.25) is 0 Å². The van der Waals surface area contributed by atoms with Gasteiger partial charge in [-0.05, 0) is 31.0 Å². The van der Waals surface area contributed by atoms with Crippen molar-refractivity contribution in [3.63, 3.8) is 0 Å². The summed E-state index contributed by atoms with van der Waals surface area (Å²) in [6.07, 6.45) is -0.804. The molecule has 4 nitrogen and oxygen atoms in total. The highest BCUT2D eigenvalue weighted by atomic mass is 16.3. The number of nitrogens with two attached hydrogens (primary N) is 1. The van der Waals surface area contributed by atoms with Crippen LogP contribution >= 0.6 is 0 Å². The van der Waals surface area contributed by atoms with Crippen LogP contribution in [0.5, 0.6) is 11.5 Å². The zero-order valence-electron chi connectivity index (χ0n) is 8.28. The van der Waals surface area contributed by atoms with Crippen molar-refractivity contribution in [1.29, 1.82) is 0 Å². The molecule has 0 heterocycles. The van der Waals surface area contributed by atoms with Gasteiger partial charge in [0.1, 0.15) is 0 Å². The zero-order valence-corrected chi connectivity index (χ0v) is 8.28. The molecule has 0 saturated carbocycles. The van der Waals surface area contributed by atoms with Crippen LogP contribution < -0.4 is 5.73 Å². The van der Waals surface area contributed by atoms with Crippen LogP contribution in [-0.2, 0) is 0 Å². The van der Waals surface area contributed by atoms with E-state index in [1.807, 2.05) is 0 Å². The number of aromatic hydroxyl groups is 2. The summed E-state index contributed by atoms with van der Waals surface area (Å²) in [6, 6.07) is 1.41. The Labute approximate surface area is 82.6 Å². The van der Waals surface area contributed by atoms with E-state index in [0.29, 0.717) is 11.1 Å². The highest BCUT2D eigenvalue weighted by Crippen LogP contribution is 2.35. The Morgan fingerprint density at radius 3 is 2.43 bits per heavy atom. The van der Waals surface area contributed by atoms with Crippen molar-refractivity contribution in [2.75, 3.05) is 6.54 Å². The maximum Gasteiger partial charge on any atom is 0.160 e. The van der Waals surface area contributed by atoms with E-state index in [1.54, 1.807) is 13.8 Å². The third kappa shape index (κ3) is 1.66. The van der Waals surface area contributed by atoms with Gasteiger partial charge in [0.15, 0.2) is 11.5 Å². The standard InChI is InChI=1S/C10H15NO3/c1-5-3-7(12)10(14)6(2)9(5)8(13)4-11/h3,8,12-14H,4,11H2,1-2H3/t8-/m1/s1. The summed E-state index contributed by atoms with van der Waals surface area (Å²) in [5, 5.41) is 28.3. The van der Waals surface area contributed by atoms with Gasteiger partial charge in [0.25, 0.3) is 0 Å². The topological polar surface area (TPSA) is 86.7 Å². The fourth-order valence-corrected chi connectivity index (χ4v) is 1.60. The summed E-state index contributed by atoms with van der Waals surface area (Å²) in [5.74, 6) is -0.369. The monoisotopic (exact) mass is 197 g/mol. The molecule has 1 atom stereocenters. The number of rotatable bonds is 2. The Hall–Kier alpha value is -1.26. The maximum absolute atomic E-state index is 9.59. The number of aryl methyl sites for hydroxylation is 1. The molecular weight excluding hydrogens is 182 g/mol. The molecule has 0 saturated heterocycles. The van der Waals surface area contributed by atoms with Gasteiger partial charge >= 0.3 is 0 Å². The summed E-state index contributed by atoms with van der Waals surface area (Å²) in [6.45, 7) is 3.47. The van der Waals surface area contributed by atoms with E-state index in [1.165, 1.54) is 6.07 Å². The molecule has 5 N–H and O–H groups in total. The molecular formula is C10H15NO3. The van der Waals surface area contributed by atoms with Crippen molar-refractivity contribution in [2.45, 2.75) is 20.0 Å². The number of phenolic OH excluding ortho intramolecular Hbond substituents is 2. The van der Waals surface area contributed by atoms with Crippen molar-refractivity contribution in [3.05, 3.63) is 22.8 Å². The van der Waals surface area contributed by atoms with E-state index >= 15 is 0 Å². The average Bonchev–Trinajstić information content (AvgIpc) is 2.14. The number of hydrogen-bond acceptors (Lipinski definition) is 4. The van der Waals surface area contributed by atoms with Crippen molar-refractivity contribution in [1.82, 2.24) is 0 Å². The predicted molar refractivity (Wildman–Crippen MR) is 53.3 cm³/mol. The van der Waals surface area contributed by atoms with Crippen molar-refractivity contribution in [2.24, 2.45) is 5.73 Å². The smallest absolute Gasteiger partial charge is 0.160 e. The van der Waals surface area contributed by atoms with Crippen LogP contribution in [0.25, 0.3) is 0 Å². The molecule has 0 unspecified atom stereocenters. The van der Waals surface area contributed by atoms with Gasteiger partial charge in [-0.15, -0.1) is 0 Å². The molecule has 78 valence electrons. The summed E-state index contributed by atoms with van der Waals surface area (Å²) in [5.41, 5.74) is 7.11. The van der Waals surface area contributed by atoms with E-state index in [0.717, 1.165) is 5.56 Å². The number of aliphatic hydroxyl groups is 1. The van der Waals surface area contributed by atoms with Crippen molar-refractivity contribution in [3.8, 4) is 11.5 Å². The lowest BCUT2D eigenvalue weighted by Gasteiger charge is -2.16. The van der Waals surface area contributed by atoms with Gasteiger partial charge < -0.3 is 21.1 Å². The Bertz CT molecular complexity index is 350. The molecule has 0 aliphatic heterocycles. The molecule has 0 amide bonds. The summed E-state index contributed by atoms with van der Waals surface area (Å²) in [4.78, 5) is 0. The first-order valence-corrected chi connectivity index (χ1v) is 4.39. The SMILES string of the molecule is Cc1cc(O)c(O)c(C)c1[C@H](O)CN. The molecule has 1 rings (SSSR count). The molecule has 0 aliphatic rings. The minimum Gasteiger partial charge on any atom is -0.504 e. The molecule has 1 aromatic rings. The number of phenols is 2. The largest absolute Gasteiger partial charge is 0.504 e. The minimum absolute atomic E-state index is 0.0892. The quantitative estimate of drug-likeness (QED) is 0.526. The number of hydrogen-bond donors (Lipinski definition) is 4. The normalized spacial score (nSPS) is 12.9. The lowest BCUT2D eigenvalue weighted by atomic mass is 9.96. The Balaban J connectivity index is 3.36. The van der Waals surface area contributed by atoms with Crippen LogP contribution in [-0.4, -0.2) is 21.9 Å². The second-order valence-electron chi connectivity index (χ2n) is 3.35. The molecule has 1 aromatic carbocycles. The van der Waals surface area contributed by atoms with Crippen LogP contribution in [0, 0.1) is 13.8 Å². The Morgan fingerprint density at radius 1 is 1.36 bits per heavy atom. The molecule has 0 aliphatic carbocycles. The van der Waals surface area contributed by atoms with Gasteiger partial charge in [0, 0.05) is 12.1 Å². The van der Waals surface area contributed by atoms with Crippen LogP contribution in [0.15, 0.2) is 6.07 Å². The van der Waals surface area contributed by atoms with Crippen LogP contribution in [0.1, 0.15) is 22.8 Å². The first-order valence-electron chi connectivity index (χ1n) is 4.39. The predicted octanol–water partition coefficient (Wildman–Crippen LogP) is 0.707. The highest BCUT2D eigenvalue weighted by Gasteiger charge is 2.16. The lowest BCUT2D eigenvalue weighted by Crippen LogP contribution is -2.14. The molecule has 4 heteroatoms. The first kappa shape index (κ1) is 10.8. The minimum atomic E-state index is -0.804. The van der Waals surface area contributed by atoms with Gasteiger partial charge in [-0.3, -0.25) is 0 Å². The van der Waals surface area contributed by atoms with Crippen LogP contribution in [0.3, 0.4) is 0 Å². The summed E-state index contributed by atoms with van der Waals surface area (Å²) >= 11 is 0. The summed E-state index contributed by atoms with van der Waals surface area (Å²) < 4.78 is 0. The van der Waals surface area contributed by atoms with Crippen LogP contribution in [0.2, 0.25) is 0 Å². The third-order valence-electron chi connectivity index (χ3n) is 2.34. The van der Waals surface area contributed by atoms with E-state index in [-0.39, 0.29) is 18.0 Å². The van der Waals surface area contributed by atoms with Crippen LogP contribution in [0.4, 0.5) is 0 Å². The molecule has 14 heavy (non-hydrogen) atoms. The zero-order chi connectivity index (χ0) is 10.9. The van der Waals surface area contributed by atoms with E-state index < -0.39 is 6.10 Å². The van der Waals surface area contributed by atoms with Crippen molar-refractivity contribution >= 4 is 0 Å². The van der Waals surface area contributed by atoms with E-state index in [2.05, 4.69) is 0 Å². The highest BCUT2D eigenvalue weighted by molar-refractivity contribution is 5.52. The van der Waals surface area contributed by atoms with E-state index in [9.17, 15) is 15.3 Å². The second kappa shape index (κ2) is 3.86. The average molecular weight is 197 g/mol. The fraction of sp³-hybridized carbons (Fsp3) is 0.400. The fourth-order valence-electron chi connectivity index (χ4n) is 1.60. The van der Waals surface area contributed by atoms with Gasteiger partial charge in [-0.1, -0.05) is 0 Å². The molecule has 0 radical (unpaired) electrons. The molecule has 0 bridgehead atoms. The number of benzene rings is 1. The van der Waals surface area contributed by atoms with Gasteiger partial charge in [-0.2, -0.15) is 0 Å². The molecule has 0 spiro atoms. The first-order chi connectivity index (χ1) is 6.49. The van der Waals surface area contributed by atoms with Gasteiger partial charge in [-0.25, -0.2) is 0 Å². The van der Waals surface area contributed by atoms with Crippen molar-refractivity contribution < 1.29 is 15.3 Å². The second-order valence-corrected chi connectivity index (χ2v) is 3.35. The maximum atomic E-state index is 9.59. The Kier molecular flexibility index (Phi) is 2.98. The third-order valence-corrected chi connectivity index (χ3v) is 2.34. The number of aliphatic hydroxyl groups excluding tert-OH is 1. The van der Waals surface area contributed by atoms with E-state index in [4.69, 9.17) is 5.73 Å².